The zero-order chi connectivity index (χ0) is 19.9. The number of pyridine rings is 1. The summed E-state index contributed by atoms with van der Waals surface area (Å²) in [6, 6.07) is 17.2. The van der Waals surface area contributed by atoms with Crippen LogP contribution >= 0.6 is 0 Å². The number of rotatable bonds is 7. The summed E-state index contributed by atoms with van der Waals surface area (Å²) in [5, 5.41) is 6.96. The fraction of sp³-hybridized carbons (Fsp3) is 0.391. The maximum Gasteiger partial charge on any atom is 0.191 e. The summed E-state index contributed by atoms with van der Waals surface area (Å²) in [4.78, 5) is 11.6. The van der Waals surface area contributed by atoms with Gasteiger partial charge >= 0.3 is 0 Å². The molecule has 4 rings (SSSR count). The number of aliphatic imine (C=N–C) groups is 1. The highest BCUT2D eigenvalue weighted by molar-refractivity contribution is 5.79. The smallest absolute Gasteiger partial charge is 0.191 e. The van der Waals surface area contributed by atoms with Gasteiger partial charge in [-0.2, -0.15) is 0 Å². The van der Waals surface area contributed by atoms with E-state index in [4.69, 9.17) is 0 Å². The summed E-state index contributed by atoms with van der Waals surface area (Å²) < 4.78 is 2.06. The van der Waals surface area contributed by atoms with Gasteiger partial charge in [0.1, 0.15) is 5.65 Å². The second-order valence-electron chi connectivity index (χ2n) is 7.50. The Bertz CT molecular complexity index is 894. The number of nitrogens with zero attached hydrogens (tertiary/aromatic N) is 4. The van der Waals surface area contributed by atoms with Crippen LogP contribution in [0.15, 0.2) is 65.9 Å². The highest BCUT2D eigenvalue weighted by Crippen LogP contribution is 2.24. The molecule has 0 aliphatic carbocycles. The quantitative estimate of drug-likeness (QED) is 0.481. The van der Waals surface area contributed by atoms with Crippen LogP contribution in [0.4, 0.5) is 0 Å². The van der Waals surface area contributed by atoms with Gasteiger partial charge in [0.05, 0.1) is 11.7 Å². The van der Waals surface area contributed by atoms with Crippen molar-refractivity contribution < 1.29 is 0 Å². The lowest BCUT2D eigenvalue weighted by Crippen LogP contribution is -2.43. The van der Waals surface area contributed by atoms with Crippen LogP contribution in [0.5, 0.6) is 0 Å². The molecule has 1 aromatic carbocycles. The van der Waals surface area contributed by atoms with Crippen molar-refractivity contribution in [2.45, 2.75) is 25.3 Å². The molecule has 1 aliphatic rings. The fourth-order valence-electron chi connectivity index (χ4n) is 4.02. The van der Waals surface area contributed by atoms with E-state index in [9.17, 15) is 0 Å². The van der Waals surface area contributed by atoms with Gasteiger partial charge in [-0.25, -0.2) is 4.98 Å². The number of aromatic nitrogens is 2. The second-order valence-corrected chi connectivity index (χ2v) is 7.50. The summed E-state index contributed by atoms with van der Waals surface area (Å²) in [7, 11) is 1.83. The van der Waals surface area contributed by atoms with Crippen molar-refractivity contribution in [2.24, 2.45) is 4.99 Å². The Labute approximate surface area is 172 Å². The first-order valence-corrected chi connectivity index (χ1v) is 10.5. The highest BCUT2D eigenvalue weighted by Gasteiger charge is 2.23. The first kappa shape index (κ1) is 19.5. The minimum Gasteiger partial charge on any atom is -0.356 e. The molecule has 6 heteroatoms. The average molecular weight is 391 g/mol. The summed E-state index contributed by atoms with van der Waals surface area (Å²) in [6.45, 7) is 3.98. The van der Waals surface area contributed by atoms with E-state index >= 15 is 0 Å². The van der Waals surface area contributed by atoms with Crippen molar-refractivity contribution >= 4 is 11.6 Å². The van der Waals surface area contributed by atoms with Gasteiger partial charge in [-0.3, -0.25) is 9.89 Å². The van der Waals surface area contributed by atoms with Crippen molar-refractivity contribution in [1.29, 1.82) is 0 Å². The molecule has 1 saturated heterocycles. The Kier molecular flexibility index (Phi) is 6.42. The minimum atomic E-state index is 0.371. The molecule has 2 N–H and O–H groups in total. The Balaban J connectivity index is 1.31. The molecule has 152 valence electrons. The normalized spacial score (nSPS) is 16.2. The lowest BCUT2D eigenvalue weighted by Gasteiger charge is -2.29. The molecule has 0 bridgehead atoms. The summed E-state index contributed by atoms with van der Waals surface area (Å²) >= 11 is 0. The molecule has 0 amide bonds. The molecule has 0 radical (unpaired) electrons. The first-order valence-electron chi connectivity index (χ1n) is 10.5. The predicted octanol–water partition coefficient (Wildman–Crippen LogP) is 2.88. The van der Waals surface area contributed by atoms with Crippen LogP contribution in [-0.2, 0) is 6.42 Å². The van der Waals surface area contributed by atoms with Gasteiger partial charge in [-0.05, 0) is 43.6 Å². The molecule has 6 nitrogen and oxygen atoms in total. The lowest BCUT2D eigenvalue weighted by molar-refractivity contribution is 0.245. The van der Waals surface area contributed by atoms with Crippen LogP contribution in [0.2, 0.25) is 0 Å². The molecular weight excluding hydrogens is 360 g/mol. The monoisotopic (exact) mass is 390 g/mol. The van der Waals surface area contributed by atoms with E-state index < -0.39 is 0 Å². The molecule has 0 spiro atoms. The van der Waals surface area contributed by atoms with Gasteiger partial charge in [0.2, 0.25) is 0 Å². The van der Waals surface area contributed by atoms with Gasteiger partial charge in [0.15, 0.2) is 5.96 Å². The number of fused-ring (bicyclic) bond motifs is 1. The molecule has 1 atom stereocenters. The number of hydrogen-bond acceptors (Lipinski definition) is 3. The number of guanidine groups is 1. The molecular formula is C23H30N6. The fourth-order valence-corrected chi connectivity index (χ4v) is 4.02. The van der Waals surface area contributed by atoms with E-state index in [-0.39, 0.29) is 0 Å². The lowest BCUT2D eigenvalue weighted by atomic mass is 10.1. The van der Waals surface area contributed by atoms with Crippen LogP contribution in [0.25, 0.3) is 5.65 Å². The molecule has 29 heavy (non-hydrogen) atoms. The maximum atomic E-state index is 4.66. The second kappa shape index (κ2) is 9.56. The van der Waals surface area contributed by atoms with Crippen molar-refractivity contribution in [1.82, 2.24) is 24.9 Å². The Morgan fingerprint density at radius 3 is 2.62 bits per heavy atom. The van der Waals surface area contributed by atoms with Crippen LogP contribution in [0, 0.1) is 0 Å². The summed E-state index contributed by atoms with van der Waals surface area (Å²) in [6.07, 6.45) is 7.55. The molecule has 3 heterocycles. The third-order valence-electron chi connectivity index (χ3n) is 5.54. The zero-order valence-electron chi connectivity index (χ0n) is 17.1. The highest BCUT2D eigenvalue weighted by atomic mass is 15.2. The standard InChI is InChI=1S/C23H30N6/c1-24-23(25-13-12-20-18-29-16-6-5-11-22(29)27-20)26-17-21(28-14-7-8-15-28)19-9-3-2-4-10-19/h2-6,9-11,16,18,21H,7-8,12-15,17H2,1H3,(H2,24,25,26). The van der Waals surface area contributed by atoms with E-state index in [2.05, 4.69) is 66.4 Å². The number of hydrogen-bond donors (Lipinski definition) is 2. The maximum absolute atomic E-state index is 4.66. The van der Waals surface area contributed by atoms with Crippen molar-refractivity contribution in [3.63, 3.8) is 0 Å². The van der Waals surface area contributed by atoms with Gasteiger partial charge in [0, 0.05) is 39.0 Å². The molecule has 3 aromatic rings. The molecule has 1 unspecified atom stereocenters. The van der Waals surface area contributed by atoms with E-state index in [0.29, 0.717) is 6.04 Å². The largest absolute Gasteiger partial charge is 0.356 e. The van der Waals surface area contributed by atoms with Gasteiger partial charge < -0.3 is 15.0 Å². The SMILES string of the molecule is CN=C(NCCc1cn2ccccc2n1)NCC(c1ccccc1)N1CCCC1. The van der Waals surface area contributed by atoms with Crippen LogP contribution in [0.3, 0.4) is 0 Å². The van der Waals surface area contributed by atoms with Crippen LogP contribution in [0.1, 0.15) is 30.1 Å². The number of likely N-dealkylation sites (tertiary alicyclic amines) is 1. The number of benzene rings is 1. The average Bonchev–Trinajstić information content (AvgIpc) is 3.43. The van der Waals surface area contributed by atoms with E-state index in [1.807, 2.05) is 31.4 Å². The van der Waals surface area contributed by atoms with E-state index in [1.54, 1.807) is 0 Å². The molecule has 1 aliphatic heterocycles. The summed E-state index contributed by atoms with van der Waals surface area (Å²) in [5.41, 5.74) is 3.43. The van der Waals surface area contributed by atoms with Gasteiger partial charge in [-0.1, -0.05) is 36.4 Å². The Morgan fingerprint density at radius 2 is 1.86 bits per heavy atom. The van der Waals surface area contributed by atoms with Crippen molar-refractivity contribution in [3.8, 4) is 0 Å². The minimum absolute atomic E-state index is 0.371. The zero-order valence-corrected chi connectivity index (χ0v) is 17.1. The Morgan fingerprint density at radius 1 is 1.07 bits per heavy atom. The van der Waals surface area contributed by atoms with Crippen LogP contribution in [-0.4, -0.2) is 53.5 Å². The molecule has 2 aromatic heterocycles. The summed E-state index contributed by atoms with van der Waals surface area (Å²) in [5.74, 6) is 0.842. The third kappa shape index (κ3) is 4.95. The topological polar surface area (TPSA) is 57.0 Å². The molecule has 1 fully saturated rings. The van der Waals surface area contributed by atoms with Gasteiger partial charge in [0.25, 0.3) is 0 Å². The number of nitrogens with one attached hydrogen (secondary N) is 2. The third-order valence-corrected chi connectivity index (χ3v) is 5.54. The number of imidazole rings is 1. The van der Waals surface area contributed by atoms with E-state index in [0.717, 1.165) is 36.8 Å². The van der Waals surface area contributed by atoms with Gasteiger partial charge in [-0.15, -0.1) is 0 Å². The van der Waals surface area contributed by atoms with Crippen molar-refractivity contribution in [3.05, 3.63) is 72.2 Å². The predicted molar refractivity (Wildman–Crippen MR) is 118 cm³/mol. The van der Waals surface area contributed by atoms with E-state index in [1.165, 1.54) is 31.5 Å². The first-order chi connectivity index (χ1) is 14.3. The van der Waals surface area contributed by atoms with Crippen LogP contribution < -0.4 is 10.6 Å². The molecule has 0 saturated carbocycles. The van der Waals surface area contributed by atoms with Crippen molar-refractivity contribution in [2.75, 3.05) is 33.2 Å². The Hall–Kier alpha value is -2.86.